The van der Waals surface area contributed by atoms with Crippen LogP contribution in [-0.2, 0) is 13.0 Å². The fourth-order valence-corrected chi connectivity index (χ4v) is 3.57. The number of rotatable bonds is 2. The summed E-state index contributed by atoms with van der Waals surface area (Å²) in [5.74, 6) is -1.18. The van der Waals surface area contributed by atoms with E-state index in [9.17, 15) is 8.78 Å². The molecule has 25 heavy (non-hydrogen) atoms. The zero-order valence-electron chi connectivity index (χ0n) is 13.3. The third-order valence-electron chi connectivity index (χ3n) is 4.70. The van der Waals surface area contributed by atoms with E-state index < -0.39 is 11.6 Å². The number of nitrogens with zero attached hydrogens (tertiary/aromatic N) is 4. The number of aromatic nitrogens is 4. The molecule has 4 heterocycles. The molecule has 0 bridgehead atoms. The SMILES string of the molecule is Fc1ccc(-c2nn3c(c2-c2ccc4nccn4c2)CCC3)c(F)c1. The van der Waals surface area contributed by atoms with Crippen LogP contribution in [0.5, 0.6) is 0 Å². The predicted molar refractivity (Wildman–Crippen MR) is 90.1 cm³/mol. The van der Waals surface area contributed by atoms with E-state index in [0.717, 1.165) is 47.9 Å². The summed E-state index contributed by atoms with van der Waals surface area (Å²) >= 11 is 0. The molecule has 0 radical (unpaired) electrons. The number of imidazole rings is 1. The zero-order valence-corrected chi connectivity index (χ0v) is 13.3. The van der Waals surface area contributed by atoms with Crippen molar-refractivity contribution in [3.05, 3.63) is 66.3 Å². The normalized spacial score (nSPS) is 13.5. The number of hydrogen-bond acceptors (Lipinski definition) is 2. The van der Waals surface area contributed by atoms with Gasteiger partial charge in [-0.25, -0.2) is 13.8 Å². The van der Waals surface area contributed by atoms with Crippen LogP contribution in [0.4, 0.5) is 8.78 Å². The van der Waals surface area contributed by atoms with Crippen LogP contribution in [0.15, 0.2) is 48.9 Å². The monoisotopic (exact) mass is 336 g/mol. The van der Waals surface area contributed by atoms with Gasteiger partial charge in [0, 0.05) is 53.6 Å². The summed E-state index contributed by atoms with van der Waals surface area (Å²) in [7, 11) is 0. The van der Waals surface area contributed by atoms with E-state index in [4.69, 9.17) is 0 Å². The Hall–Kier alpha value is -3.02. The average molecular weight is 336 g/mol. The molecule has 4 aromatic rings. The Labute approximate surface area is 142 Å². The highest BCUT2D eigenvalue weighted by atomic mass is 19.1. The highest BCUT2D eigenvalue weighted by molar-refractivity contribution is 5.83. The Morgan fingerprint density at radius 2 is 2.00 bits per heavy atom. The number of aryl methyl sites for hydroxylation is 1. The molecule has 0 N–H and O–H groups in total. The smallest absolute Gasteiger partial charge is 0.136 e. The lowest BCUT2D eigenvalue weighted by atomic mass is 9.98. The Bertz CT molecular complexity index is 1110. The molecule has 5 rings (SSSR count). The molecular formula is C19H14F2N4. The number of benzene rings is 1. The predicted octanol–water partition coefficient (Wildman–Crippen LogP) is 4.09. The van der Waals surface area contributed by atoms with Crippen LogP contribution < -0.4 is 0 Å². The molecule has 4 nitrogen and oxygen atoms in total. The molecule has 0 amide bonds. The average Bonchev–Trinajstić information content (AvgIpc) is 3.29. The molecule has 0 saturated carbocycles. The van der Waals surface area contributed by atoms with Gasteiger partial charge in [-0.15, -0.1) is 0 Å². The number of halogens is 2. The molecule has 6 heteroatoms. The summed E-state index contributed by atoms with van der Waals surface area (Å²) in [5.41, 5.74) is 4.70. The Balaban J connectivity index is 1.77. The van der Waals surface area contributed by atoms with Crippen LogP contribution in [0.25, 0.3) is 28.0 Å². The summed E-state index contributed by atoms with van der Waals surface area (Å²) < 4.78 is 31.6. The van der Waals surface area contributed by atoms with Crippen LogP contribution in [-0.4, -0.2) is 19.2 Å². The highest BCUT2D eigenvalue weighted by Gasteiger charge is 2.25. The van der Waals surface area contributed by atoms with Crippen molar-refractivity contribution in [2.24, 2.45) is 0 Å². The van der Waals surface area contributed by atoms with Crippen LogP contribution in [0.1, 0.15) is 12.1 Å². The maximum absolute atomic E-state index is 14.4. The fraction of sp³-hybridized carbons (Fsp3) is 0.158. The summed E-state index contributed by atoms with van der Waals surface area (Å²) in [6.45, 7) is 0.818. The largest absolute Gasteiger partial charge is 0.306 e. The number of fused-ring (bicyclic) bond motifs is 2. The second-order valence-electron chi connectivity index (χ2n) is 6.23. The summed E-state index contributed by atoms with van der Waals surface area (Å²) in [6, 6.07) is 7.54. The van der Waals surface area contributed by atoms with Gasteiger partial charge in [-0.1, -0.05) is 0 Å². The topological polar surface area (TPSA) is 35.1 Å². The van der Waals surface area contributed by atoms with Crippen molar-refractivity contribution >= 4 is 5.65 Å². The van der Waals surface area contributed by atoms with E-state index in [0.29, 0.717) is 11.3 Å². The molecular weight excluding hydrogens is 322 g/mol. The zero-order chi connectivity index (χ0) is 17.0. The third kappa shape index (κ3) is 2.17. The molecule has 0 spiro atoms. The molecule has 0 saturated heterocycles. The van der Waals surface area contributed by atoms with Gasteiger partial charge in [0.25, 0.3) is 0 Å². The van der Waals surface area contributed by atoms with Crippen LogP contribution in [0.2, 0.25) is 0 Å². The Morgan fingerprint density at radius 1 is 1.08 bits per heavy atom. The van der Waals surface area contributed by atoms with Gasteiger partial charge in [-0.05, 0) is 37.1 Å². The second-order valence-corrected chi connectivity index (χ2v) is 6.23. The maximum atomic E-state index is 14.4. The maximum Gasteiger partial charge on any atom is 0.136 e. The second kappa shape index (κ2) is 5.24. The van der Waals surface area contributed by atoms with Gasteiger partial charge in [0.1, 0.15) is 23.0 Å². The standard InChI is InChI=1S/C19H14F2N4/c20-13-4-5-14(15(21)10-13)19-18(16-2-1-8-25(16)23-19)12-3-6-17-22-7-9-24(17)11-12/h3-7,9-11H,1-2,8H2. The van der Waals surface area contributed by atoms with E-state index >= 15 is 0 Å². The molecule has 0 atom stereocenters. The minimum atomic E-state index is -0.596. The molecule has 0 fully saturated rings. The Morgan fingerprint density at radius 3 is 2.88 bits per heavy atom. The van der Waals surface area contributed by atoms with Gasteiger partial charge in [0.05, 0.1) is 0 Å². The first-order valence-electron chi connectivity index (χ1n) is 8.19. The van der Waals surface area contributed by atoms with E-state index in [2.05, 4.69) is 10.1 Å². The van der Waals surface area contributed by atoms with Crippen molar-refractivity contribution in [1.82, 2.24) is 19.2 Å². The number of hydrogen-bond donors (Lipinski definition) is 0. The lowest BCUT2D eigenvalue weighted by molar-refractivity contribution is 0.584. The molecule has 1 aliphatic rings. The number of pyridine rings is 1. The molecule has 3 aromatic heterocycles. The van der Waals surface area contributed by atoms with Crippen molar-refractivity contribution in [2.45, 2.75) is 19.4 Å². The van der Waals surface area contributed by atoms with Crippen molar-refractivity contribution in [3.8, 4) is 22.4 Å². The van der Waals surface area contributed by atoms with Crippen molar-refractivity contribution in [2.75, 3.05) is 0 Å². The highest BCUT2D eigenvalue weighted by Crippen LogP contribution is 2.38. The first-order valence-corrected chi connectivity index (χ1v) is 8.19. The van der Waals surface area contributed by atoms with Gasteiger partial charge in [0.2, 0.25) is 0 Å². The quantitative estimate of drug-likeness (QED) is 0.553. The molecule has 0 aliphatic carbocycles. The van der Waals surface area contributed by atoms with E-state index in [1.54, 1.807) is 6.20 Å². The van der Waals surface area contributed by atoms with Crippen LogP contribution in [0, 0.1) is 11.6 Å². The van der Waals surface area contributed by atoms with Crippen molar-refractivity contribution in [1.29, 1.82) is 0 Å². The van der Waals surface area contributed by atoms with Crippen LogP contribution in [0.3, 0.4) is 0 Å². The third-order valence-corrected chi connectivity index (χ3v) is 4.70. The molecule has 124 valence electrons. The van der Waals surface area contributed by atoms with Gasteiger partial charge in [0.15, 0.2) is 0 Å². The van der Waals surface area contributed by atoms with Gasteiger partial charge >= 0.3 is 0 Å². The van der Waals surface area contributed by atoms with Crippen molar-refractivity contribution < 1.29 is 8.78 Å². The van der Waals surface area contributed by atoms with Gasteiger partial charge < -0.3 is 4.40 Å². The molecule has 1 aliphatic heterocycles. The molecule has 0 unspecified atom stereocenters. The summed E-state index contributed by atoms with van der Waals surface area (Å²) in [6.07, 6.45) is 7.51. The summed E-state index contributed by atoms with van der Waals surface area (Å²) in [4.78, 5) is 4.26. The van der Waals surface area contributed by atoms with E-state index in [1.165, 1.54) is 12.1 Å². The lowest BCUT2D eigenvalue weighted by Gasteiger charge is -2.07. The summed E-state index contributed by atoms with van der Waals surface area (Å²) in [5, 5.41) is 4.62. The first kappa shape index (κ1) is 14.3. The minimum absolute atomic E-state index is 0.323. The lowest BCUT2D eigenvalue weighted by Crippen LogP contribution is -1.95. The van der Waals surface area contributed by atoms with Crippen LogP contribution >= 0.6 is 0 Å². The van der Waals surface area contributed by atoms with Gasteiger partial charge in [-0.3, -0.25) is 4.68 Å². The van der Waals surface area contributed by atoms with E-state index in [1.807, 2.05) is 33.6 Å². The first-order chi connectivity index (χ1) is 12.2. The molecule has 1 aromatic carbocycles. The van der Waals surface area contributed by atoms with Gasteiger partial charge in [-0.2, -0.15) is 5.10 Å². The fourth-order valence-electron chi connectivity index (χ4n) is 3.57. The van der Waals surface area contributed by atoms with E-state index in [-0.39, 0.29) is 0 Å². The Kier molecular flexibility index (Phi) is 3.00. The van der Waals surface area contributed by atoms with Crippen molar-refractivity contribution in [3.63, 3.8) is 0 Å². The minimum Gasteiger partial charge on any atom is -0.306 e.